The molecule has 0 aliphatic carbocycles. The van der Waals surface area contributed by atoms with Crippen molar-refractivity contribution in [3.63, 3.8) is 0 Å². The molecule has 1 aromatic rings. The van der Waals surface area contributed by atoms with Crippen molar-refractivity contribution in [2.75, 3.05) is 0 Å². The van der Waals surface area contributed by atoms with Gasteiger partial charge in [-0.3, -0.25) is 4.98 Å². The fraction of sp³-hybridized carbons (Fsp3) is 0.500. The van der Waals surface area contributed by atoms with Gasteiger partial charge in [-0.25, -0.2) is 0 Å². The predicted molar refractivity (Wildman–Crippen MR) is 57.0 cm³/mol. The summed E-state index contributed by atoms with van der Waals surface area (Å²) in [4.78, 5) is 4.43. The molecule has 1 atom stereocenters. The Labute approximate surface area is 76.8 Å². The Balaban J connectivity index is 3.19. The van der Waals surface area contributed by atoms with Crippen LogP contribution in [0.4, 0.5) is 0 Å². The summed E-state index contributed by atoms with van der Waals surface area (Å²) < 4.78 is 0. The average Bonchev–Trinajstić information content (AvgIpc) is 1.83. The Bertz CT molecular complexity index is 286. The highest BCUT2D eigenvalue weighted by molar-refractivity contribution is 7.27. The number of rotatable bonds is 0. The van der Waals surface area contributed by atoms with E-state index in [1.807, 2.05) is 6.20 Å². The van der Waals surface area contributed by atoms with Crippen LogP contribution in [0, 0.1) is 6.92 Å². The molecular weight excluding hydrogens is 165 g/mol. The lowest BCUT2D eigenvalue weighted by Gasteiger charge is -2.19. The Morgan fingerprint density at radius 3 is 2.33 bits per heavy atom. The third-order valence-electron chi connectivity index (χ3n) is 1.76. The molecule has 0 aromatic carbocycles. The molecule has 1 heterocycles. The van der Waals surface area contributed by atoms with Gasteiger partial charge in [-0.2, -0.15) is 0 Å². The zero-order valence-electron chi connectivity index (χ0n) is 8.18. The van der Waals surface area contributed by atoms with Crippen LogP contribution in [0.25, 0.3) is 0 Å². The van der Waals surface area contributed by atoms with Crippen molar-refractivity contribution in [3.05, 3.63) is 23.5 Å². The zero-order chi connectivity index (χ0) is 9.35. The number of hydrogen-bond donors (Lipinski definition) is 0. The van der Waals surface area contributed by atoms with Crippen molar-refractivity contribution in [2.24, 2.45) is 0 Å². The molecule has 0 spiro atoms. The van der Waals surface area contributed by atoms with E-state index in [4.69, 9.17) is 0 Å². The molecule has 1 rings (SSSR count). The topological polar surface area (TPSA) is 12.9 Å². The SMILES string of the molecule is Cc1cnc(C(C)(C)C)c(P)c1. The third kappa shape index (κ3) is 2.04. The second-order valence-corrected chi connectivity index (χ2v) is 4.82. The number of aryl methyl sites for hydroxylation is 1. The van der Waals surface area contributed by atoms with E-state index in [0.29, 0.717) is 0 Å². The minimum Gasteiger partial charge on any atom is -0.260 e. The quantitative estimate of drug-likeness (QED) is 0.559. The Kier molecular flexibility index (Phi) is 2.53. The first-order valence-electron chi connectivity index (χ1n) is 4.14. The van der Waals surface area contributed by atoms with Gasteiger partial charge in [0.25, 0.3) is 0 Å². The fourth-order valence-corrected chi connectivity index (χ4v) is 1.99. The van der Waals surface area contributed by atoms with Crippen LogP contribution in [-0.4, -0.2) is 4.98 Å². The van der Waals surface area contributed by atoms with Crippen LogP contribution in [0.1, 0.15) is 32.0 Å². The molecular formula is C10H16NP. The molecule has 1 aromatic heterocycles. The molecule has 0 fully saturated rings. The van der Waals surface area contributed by atoms with E-state index in [1.54, 1.807) is 0 Å². The molecule has 2 heteroatoms. The highest BCUT2D eigenvalue weighted by atomic mass is 31.0. The van der Waals surface area contributed by atoms with Crippen molar-refractivity contribution < 1.29 is 0 Å². The summed E-state index contributed by atoms with van der Waals surface area (Å²) in [6, 6.07) is 2.15. The van der Waals surface area contributed by atoms with Crippen molar-refractivity contribution >= 4 is 14.5 Å². The number of nitrogens with zero attached hydrogens (tertiary/aromatic N) is 1. The molecule has 0 saturated heterocycles. The van der Waals surface area contributed by atoms with E-state index in [0.717, 1.165) is 5.69 Å². The minimum absolute atomic E-state index is 0.144. The molecule has 12 heavy (non-hydrogen) atoms. The largest absolute Gasteiger partial charge is 0.260 e. The van der Waals surface area contributed by atoms with Crippen molar-refractivity contribution in [3.8, 4) is 0 Å². The molecule has 0 aliphatic heterocycles. The van der Waals surface area contributed by atoms with Crippen LogP contribution in [0.2, 0.25) is 0 Å². The standard InChI is InChI=1S/C10H16NP/c1-7-5-8(12)9(11-6-7)10(2,3)4/h5-6H,12H2,1-4H3. The highest BCUT2D eigenvalue weighted by Crippen LogP contribution is 2.19. The second-order valence-electron chi connectivity index (χ2n) is 4.20. The van der Waals surface area contributed by atoms with Gasteiger partial charge in [-0.05, 0) is 23.9 Å². The molecule has 66 valence electrons. The van der Waals surface area contributed by atoms with Gasteiger partial charge in [-0.15, -0.1) is 9.24 Å². The van der Waals surface area contributed by atoms with Crippen LogP contribution < -0.4 is 5.30 Å². The zero-order valence-corrected chi connectivity index (χ0v) is 9.33. The van der Waals surface area contributed by atoms with Crippen molar-refractivity contribution in [1.82, 2.24) is 4.98 Å². The molecule has 0 saturated carbocycles. The first-order valence-corrected chi connectivity index (χ1v) is 4.71. The van der Waals surface area contributed by atoms with E-state index in [9.17, 15) is 0 Å². The molecule has 0 radical (unpaired) electrons. The van der Waals surface area contributed by atoms with Gasteiger partial charge in [0.1, 0.15) is 0 Å². The molecule has 1 nitrogen and oxygen atoms in total. The third-order valence-corrected chi connectivity index (χ3v) is 2.20. The molecule has 1 unspecified atom stereocenters. The average molecular weight is 181 g/mol. The van der Waals surface area contributed by atoms with E-state index >= 15 is 0 Å². The van der Waals surface area contributed by atoms with Crippen LogP contribution in [0.3, 0.4) is 0 Å². The van der Waals surface area contributed by atoms with Gasteiger partial charge >= 0.3 is 0 Å². The van der Waals surface area contributed by atoms with E-state index in [1.165, 1.54) is 10.9 Å². The van der Waals surface area contributed by atoms with E-state index in [-0.39, 0.29) is 5.41 Å². The predicted octanol–water partition coefficient (Wildman–Crippen LogP) is 2.19. The van der Waals surface area contributed by atoms with Gasteiger partial charge in [0.2, 0.25) is 0 Å². The second kappa shape index (κ2) is 3.14. The van der Waals surface area contributed by atoms with Crippen molar-refractivity contribution in [2.45, 2.75) is 33.1 Å². The fourth-order valence-electron chi connectivity index (χ4n) is 1.22. The molecule has 0 bridgehead atoms. The maximum atomic E-state index is 4.43. The summed E-state index contributed by atoms with van der Waals surface area (Å²) in [6.07, 6.45) is 1.92. The number of aromatic nitrogens is 1. The Morgan fingerprint density at radius 1 is 1.33 bits per heavy atom. The molecule has 0 amide bonds. The summed E-state index contributed by atoms with van der Waals surface area (Å²) in [7, 11) is 2.75. The summed E-state index contributed by atoms with van der Waals surface area (Å²) in [5.74, 6) is 0. The van der Waals surface area contributed by atoms with Gasteiger partial charge in [0, 0.05) is 11.6 Å². The smallest absolute Gasteiger partial charge is 0.0528 e. The molecule has 0 N–H and O–H groups in total. The first kappa shape index (κ1) is 9.67. The lowest BCUT2D eigenvalue weighted by molar-refractivity contribution is 0.573. The van der Waals surface area contributed by atoms with Crippen molar-refractivity contribution in [1.29, 1.82) is 0 Å². The van der Waals surface area contributed by atoms with Gasteiger partial charge < -0.3 is 0 Å². The normalized spacial score (nSPS) is 11.8. The lowest BCUT2D eigenvalue weighted by atomic mass is 9.91. The van der Waals surface area contributed by atoms with E-state index < -0.39 is 0 Å². The highest BCUT2D eigenvalue weighted by Gasteiger charge is 2.17. The van der Waals surface area contributed by atoms with Gasteiger partial charge in [-0.1, -0.05) is 20.8 Å². The monoisotopic (exact) mass is 181 g/mol. The molecule has 0 aliphatic rings. The summed E-state index contributed by atoms with van der Waals surface area (Å²) in [5, 5.41) is 1.21. The number of hydrogen-bond acceptors (Lipinski definition) is 1. The maximum Gasteiger partial charge on any atom is 0.0528 e. The lowest BCUT2D eigenvalue weighted by Crippen LogP contribution is -2.21. The van der Waals surface area contributed by atoms with Gasteiger partial charge in [0.05, 0.1) is 5.69 Å². The summed E-state index contributed by atoms with van der Waals surface area (Å²) >= 11 is 0. The van der Waals surface area contributed by atoms with Crippen LogP contribution in [-0.2, 0) is 5.41 Å². The maximum absolute atomic E-state index is 4.43. The number of pyridine rings is 1. The van der Waals surface area contributed by atoms with Crippen LogP contribution in [0.5, 0.6) is 0 Å². The summed E-state index contributed by atoms with van der Waals surface area (Å²) in [5.41, 5.74) is 2.52. The van der Waals surface area contributed by atoms with Crippen LogP contribution in [0.15, 0.2) is 12.3 Å². The Hall–Kier alpha value is -0.420. The van der Waals surface area contributed by atoms with Crippen LogP contribution >= 0.6 is 9.24 Å². The van der Waals surface area contributed by atoms with Gasteiger partial charge in [0.15, 0.2) is 0 Å². The summed E-state index contributed by atoms with van der Waals surface area (Å²) in [6.45, 7) is 8.60. The first-order chi connectivity index (χ1) is 5.41. The van der Waals surface area contributed by atoms with E-state index in [2.05, 4.69) is 48.0 Å². The Morgan fingerprint density at radius 2 is 1.92 bits per heavy atom. The minimum atomic E-state index is 0.144.